The number of amides is 1. The largest absolute Gasteiger partial charge is 0.338 e. The molecule has 1 fully saturated rings. The van der Waals surface area contributed by atoms with Crippen LogP contribution in [0.1, 0.15) is 31.7 Å². The number of nitrogens with two attached hydrogens (primary N) is 1. The highest BCUT2D eigenvalue weighted by Gasteiger charge is 2.35. The number of rotatable bonds is 6. The molecule has 1 aliphatic rings. The number of hydrogen-bond acceptors (Lipinski definition) is 8. The van der Waals surface area contributed by atoms with Crippen LogP contribution >= 0.6 is 11.8 Å². The molecule has 0 aliphatic carbocycles. The quantitative estimate of drug-likeness (QED) is 0.515. The van der Waals surface area contributed by atoms with Crippen molar-refractivity contribution in [3.8, 4) is 5.95 Å². The number of carbonyl (C=O) groups excluding carboxylic acids is 1. The number of aryl methyl sites for hydroxylation is 2. The molecule has 0 bridgehead atoms. The first-order valence-electron chi connectivity index (χ1n) is 9.04. The van der Waals surface area contributed by atoms with Crippen LogP contribution in [0, 0.1) is 13.8 Å². The van der Waals surface area contributed by atoms with Crippen molar-refractivity contribution in [2.24, 2.45) is 0 Å². The van der Waals surface area contributed by atoms with Gasteiger partial charge in [-0.25, -0.2) is 17.8 Å². The van der Waals surface area contributed by atoms with E-state index >= 15 is 0 Å². The van der Waals surface area contributed by atoms with Crippen molar-refractivity contribution < 1.29 is 13.2 Å². The maximum atomic E-state index is 12.9. The van der Waals surface area contributed by atoms with Crippen molar-refractivity contribution in [1.82, 2.24) is 29.6 Å². The summed E-state index contributed by atoms with van der Waals surface area (Å²) in [5.41, 5.74) is 1.71. The summed E-state index contributed by atoms with van der Waals surface area (Å²) >= 11 is 1.19. The third kappa shape index (κ3) is 4.02. The molecular weight excluding hydrogens is 402 g/mol. The van der Waals surface area contributed by atoms with Gasteiger partial charge in [0.05, 0.1) is 22.4 Å². The molecule has 2 atom stereocenters. The normalized spacial score (nSPS) is 19.6. The SMILES string of the molecule is CCN(C(=O)C(C)Sc1nnc(-n2nc(C)cc2C)n1N)C1CCS(=O)(=O)C1. The average Bonchev–Trinajstić information content (AvgIpc) is 3.26. The minimum atomic E-state index is -3.06. The maximum Gasteiger partial charge on any atom is 0.271 e. The summed E-state index contributed by atoms with van der Waals surface area (Å²) in [6.45, 7) is 7.84. The van der Waals surface area contributed by atoms with Gasteiger partial charge in [-0.1, -0.05) is 11.8 Å². The molecule has 28 heavy (non-hydrogen) atoms. The Morgan fingerprint density at radius 3 is 2.68 bits per heavy atom. The van der Waals surface area contributed by atoms with Crippen molar-refractivity contribution in [2.75, 3.05) is 23.9 Å². The number of sulfone groups is 1. The summed E-state index contributed by atoms with van der Waals surface area (Å²) in [5.74, 6) is 6.52. The first-order chi connectivity index (χ1) is 13.1. The molecule has 3 rings (SSSR count). The zero-order valence-electron chi connectivity index (χ0n) is 16.4. The van der Waals surface area contributed by atoms with Crippen molar-refractivity contribution in [3.63, 3.8) is 0 Å². The number of carbonyl (C=O) groups is 1. The van der Waals surface area contributed by atoms with Crippen LogP contribution in [0.5, 0.6) is 0 Å². The highest BCUT2D eigenvalue weighted by Crippen LogP contribution is 2.26. The van der Waals surface area contributed by atoms with Gasteiger partial charge in [0.15, 0.2) is 9.84 Å². The summed E-state index contributed by atoms with van der Waals surface area (Å²) in [4.78, 5) is 14.6. The molecular formula is C16H25N7O3S2. The highest BCUT2D eigenvalue weighted by atomic mass is 32.2. The average molecular weight is 428 g/mol. The van der Waals surface area contributed by atoms with Crippen molar-refractivity contribution in [2.45, 2.75) is 50.6 Å². The Hall–Kier alpha value is -2.08. The number of nitrogen functional groups attached to an aromatic ring is 1. The molecule has 2 aromatic heterocycles. The Balaban J connectivity index is 1.74. The molecule has 3 heterocycles. The summed E-state index contributed by atoms with van der Waals surface area (Å²) in [5, 5.41) is 12.4. The number of aromatic nitrogens is 5. The van der Waals surface area contributed by atoms with Crippen LogP contribution in [0.2, 0.25) is 0 Å². The van der Waals surface area contributed by atoms with Crippen molar-refractivity contribution >= 4 is 27.5 Å². The summed E-state index contributed by atoms with van der Waals surface area (Å²) in [7, 11) is -3.06. The second-order valence-electron chi connectivity index (χ2n) is 6.93. The van der Waals surface area contributed by atoms with Crippen molar-refractivity contribution in [1.29, 1.82) is 0 Å². The van der Waals surface area contributed by atoms with Crippen molar-refractivity contribution in [3.05, 3.63) is 17.5 Å². The fourth-order valence-electron chi connectivity index (χ4n) is 3.38. The molecule has 0 spiro atoms. The van der Waals surface area contributed by atoms with Gasteiger partial charge >= 0.3 is 0 Å². The first-order valence-corrected chi connectivity index (χ1v) is 11.7. The third-order valence-electron chi connectivity index (χ3n) is 4.75. The molecule has 2 unspecified atom stereocenters. The van der Waals surface area contributed by atoms with Crippen LogP contribution in [0.4, 0.5) is 0 Å². The summed E-state index contributed by atoms with van der Waals surface area (Å²) < 4.78 is 26.4. The van der Waals surface area contributed by atoms with E-state index < -0.39 is 15.1 Å². The predicted octanol–water partition coefficient (Wildman–Crippen LogP) is 0.311. The summed E-state index contributed by atoms with van der Waals surface area (Å²) in [6, 6.07) is 1.63. The van der Waals surface area contributed by atoms with Gasteiger partial charge in [-0.3, -0.25) is 4.79 Å². The molecule has 2 aromatic rings. The molecule has 0 saturated carbocycles. The van der Waals surface area contributed by atoms with E-state index in [0.717, 1.165) is 11.4 Å². The lowest BCUT2D eigenvalue weighted by Crippen LogP contribution is -2.44. The Labute approximate surface area is 168 Å². The second-order valence-corrected chi connectivity index (χ2v) is 10.5. The Kier molecular flexibility index (Phi) is 5.71. The zero-order valence-corrected chi connectivity index (χ0v) is 18.0. The summed E-state index contributed by atoms with van der Waals surface area (Å²) in [6.07, 6.45) is 0.481. The van der Waals surface area contributed by atoms with Crippen LogP contribution in [0.15, 0.2) is 11.2 Å². The van der Waals surface area contributed by atoms with Crippen LogP contribution in [-0.2, 0) is 14.6 Å². The fourth-order valence-corrected chi connectivity index (χ4v) is 5.95. The smallest absolute Gasteiger partial charge is 0.271 e. The number of thioether (sulfide) groups is 1. The van der Waals surface area contributed by atoms with E-state index in [1.807, 2.05) is 26.8 Å². The predicted molar refractivity (Wildman–Crippen MR) is 107 cm³/mol. The van der Waals surface area contributed by atoms with E-state index in [2.05, 4.69) is 15.3 Å². The van der Waals surface area contributed by atoms with Gasteiger partial charge in [0.25, 0.3) is 5.95 Å². The third-order valence-corrected chi connectivity index (χ3v) is 7.54. The monoisotopic (exact) mass is 427 g/mol. The van der Waals surface area contributed by atoms with Crippen LogP contribution in [0.25, 0.3) is 5.95 Å². The molecule has 1 aliphatic heterocycles. The minimum absolute atomic E-state index is 0.0269. The molecule has 1 saturated heterocycles. The van der Waals surface area contributed by atoms with Gasteiger partial charge in [-0.05, 0) is 40.2 Å². The molecule has 2 N–H and O–H groups in total. The molecule has 0 aromatic carbocycles. The Morgan fingerprint density at radius 1 is 1.43 bits per heavy atom. The molecule has 1 amide bonds. The van der Waals surface area contributed by atoms with E-state index in [1.165, 1.54) is 16.4 Å². The van der Waals surface area contributed by atoms with E-state index in [1.54, 1.807) is 16.5 Å². The van der Waals surface area contributed by atoms with E-state index in [4.69, 9.17) is 5.84 Å². The molecule has 10 nitrogen and oxygen atoms in total. The van der Waals surface area contributed by atoms with Crippen LogP contribution in [-0.4, -0.2) is 73.2 Å². The van der Waals surface area contributed by atoms with Gasteiger partial charge in [-0.15, -0.1) is 10.2 Å². The Bertz CT molecular complexity index is 983. The number of nitrogens with zero attached hydrogens (tertiary/aromatic N) is 6. The maximum absolute atomic E-state index is 12.9. The van der Waals surface area contributed by atoms with E-state index in [-0.39, 0.29) is 23.5 Å². The van der Waals surface area contributed by atoms with Gasteiger partial charge in [0.1, 0.15) is 0 Å². The highest BCUT2D eigenvalue weighted by molar-refractivity contribution is 8.00. The van der Waals surface area contributed by atoms with E-state index in [9.17, 15) is 13.2 Å². The lowest BCUT2D eigenvalue weighted by molar-refractivity contribution is -0.131. The van der Waals surface area contributed by atoms with Gasteiger partial charge in [0, 0.05) is 18.3 Å². The van der Waals surface area contributed by atoms with Gasteiger partial charge in [0.2, 0.25) is 11.1 Å². The number of hydrogen-bond donors (Lipinski definition) is 1. The molecule has 154 valence electrons. The topological polar surface area (TPSA) is 129 Å². The van der Waals surface area contributed by atoms with E-state index in [0.29, 0.717) is 24.1 Å². The minimum Gasteiger partial charge on any atom is -0.338 e. The van der Waals surface area contributed by atoms with Gasteiger partial charge in [-0.2, -0.15) is 5.10 Å². The molecule has 0 radical (unpaired) electrons. The standard InChI is InChI=1S/C16H25N7O3S2/c1-5-21(13-6-7-28(25,26)9-13)14(24)12(4)27-16-19-18-15(22(16)17)23-11(3)8-10(2)20-23/h8,12-13H,5-7,9,17H2,1-4H3. The van der Waals surface area contributed by atoms with Gasteiger partial charge < -0.3 is 10.7 Å². The fraction of sp³-hybridized carbons (Fsp3) is 0.625. The lowest BCUT2D eigenvalue weighted by Gasteiger charge is -2.29. The lowest BCUT2D eigenvalue weighted by atomic mass is 10.2. The molecule has 12 heteroatoms. The van der Waals surface area contributed by atoms with Crippen LogP contribution in [0.3, 0.4) is 0 Å². The second kappa shape index (κ2) is 7.74. The van der Waals surface area contributed by atoms with Crippen LogP contribution < -0.4 is 5.84 Å². The first kappa shape index (κ1) is 20.6. The Morgan fingerprint density at radius 2 is 2.14 bits per heavy atom. The zero-order chi connectivity index (χ0) is 20.6.